The molecule has 0 saturated carbocycles. The van der Waals surface area contributed by atoms with Gasteiger partial charge in [0.1, 0.15) is 12.4 Å². The van der Waals surface area contributed by atoms with E-state index in [0.717, 1.165) is 5.56 Å². The Balaban J connectivity index is 1.87. The highest BCUT2D eigenvalue weighted by atomic mass is 19.1. The molecule has 1 N–H and O–H groups in total. The molecule has 0 spiro atoms. The van der Waals surface area contributed by atoms with Crippen LogP contribution in [0.5, 0.6) is 0 Å². The average molecular weight is 346 g/mol. The van der Waals surface area contributed by atoms with Gasteiger partial charge < -0.3 is 10.1 Å². The van der Waals surface area contributed by atoms with Crippen molar-refractivity contribution in [2.45, 2.75) is 6.61 Å². The lowest BCUT2D eigenvalue weighted by Gasteiger charge is -2.04. The summed E-state index contributed by atoms with van der Waals surface area (Å²) in [7, 11) is 0. The van der Waals surface area contributed by atoms with Gasteiger partial charge in [-0.2, -0.15) is 4.39 Å². The maximum Gasteiger partial charge on any atom is 0.408 e. The first kappa shape index (κ1) is 17.9. The van der Waals surface area contributed by atoms with Crippen LogP contribution in [-0.4, -0.2) is 17.6 Å². The molecule has 0 unspecified atom stereocenters. The second-order valence-electron chi connectivity index (χ2n) is 4.76. The van der Waals surface area contributed by atoms with E-state index in [1.807, 2.05) is 6.07 Å². The second kappa shape index (κ2) is 8.40. The SMILES string of the molecule is O=C(NCC#Cc1cc(F)c([N+](=O)[O-])cc1F)OCc1ccccc1. The lowest BCUT2D eigenvalue weighted by atomic mass is 10.2. The fourth-order valence-corrected chi connectivity index (χ4v) is 1.80. The third kappa shape index (κ3) is 5.28. The summed E-state index contributed by atoms with van der Waals surface area (Å²) in [6.07, 6.45) is -0.714. The van der Waals surface area contributed by atoms with Crippen LogP contribution in [0.3, 0.4) is 0 Å². The van der Waals surface area contributed by atoms with E-state index < -0.39 is 28.3 Å². The van der Waals surface area contributed by atoms with Crippen LogP contribution in [0.25, 0.3) is 0 Å². The van der Waals surface area contributed by atoms with Gasteiger partial charge in [-0.15, -0.1) is 0 Å². The average Bonchev–Trinajstić information content (AvgIpc) is 2.60. The third-order valence-electron chi connectivity index (χ3n) is 2.99. The van der Waals surface area contributed by atoms with E-state index >= 15 is 0 Å². The van der Waals surface area contributed by atoms with E-state index in [1.54, 1.807) is 24.3 Å². The maximum absolute atomic E-state index is 13.6. The van der Waals surface area contributed by atoms with Gasteiger partial charge in [0, 0.05) is 0 Å². The van der Waals surface area contributed by atoms with Gasteiger partial charge in [0.15, 0.2) is 0 Å². The van der Waals surface area contributed by atoms with Gasteiger partial charge in [-0.3, -0.25) is 10.1 Å². The Morgan fingerprint density at radius 1 is 1.20 bits per heavy atom. The molecule has 25 heavy (non-hydrogen) atoms. The number of carbonyl (C=O) groups is 1. The van der Waals surface area contributed by atoms with Crippen LogP contribution in [0.2, 0.25) is 0 Å². The number of ether oxygens (including phenoxy) is 1. The summed E-state index contributed by atoms with van der Waals surface area (Å²) in [6, 6.07) is 10.1. The molecule has 2 aromatic carbocycles. The minimum Gasteiger partial charge on any atom is -0.445 e. The Bertz CT molecular complexity index is 845. The zero-order valence-corrected chi connectivity index (χ0v) is 12.8. The monoisotopic (exact) mass is 346 g/mol. The minimum absolute atomic E-state index is 0.0856. The van der Waals surface area contributed by atoms with Gasteiger partial charge in [0.25, 0.3) is 0 Å². The van der Waals surface area contributed by atoms with E-state index in [2.05, 4.69) is 17.2 Å². The number of carbonyl (C=O) groups excluding carboxylic acids is 1. The van der Waals surface area contributed by atoms with Gasteiger partial charge in [0.2, 0.25) is 5.82 Å². The standard InChI is InChI=1S/C17H12F2N2O4/c18-14-10-16(21(23)24)15(19)9-13(14)7-4-8-20-17(22)25-11-12-5-2-1-3-6-12/h1-3,5-6,9-10H,8,11H2,(H,20,22). The topological polar surface area (TPSA) is 81.5 Å². The molecular weight excluding hydrogens is 334 g/mol. The molecule has 0 bridgehead atoms. The zero-order valence-electron chi connectivity index (χ0n) is 12.8. The normalized spacial score (nSPS) is 9.68. The Kier molecular flexibility index (Phi) is 6.01. The Labute approximate surface area is 141 Å². The molecule has 0 aliphatic carbocycles. The van der Waals surface area contributed by atoms with Crippen molar-refractivity contribution >= 4 is 11.8 Å². The number of rotatable bonds is 4. The zero-order chi connectivity index (χ0) is 18.2. The van der Waals surface area contributed by atoms with Crippen molar-refractivity contribution in [1.29, 1.82) is 0 Å². The van der Waals surface area contributed by atoms with Gasteiger partial charge in [-0.25, -0.2) is 9.18 Å². The molecule has 1 amide bonds. The predicted molar refractivity (Wildman–Crippen MR) is 84.5 cm³/mol. The molecule has 0 aliphatic heterocycles. The molecule has 128 valence electrons. The van der Waals surface area contributed by atoms with E-state index in [4.69, 9.17) is 4.74 Å². The number of amides is 1. The number of nitrogens with one attached hydrogen (secondary N) is 1. The molecule has 0 fully saturated rings. The molecule has 0 saturated heterocycles. The Morgan fingerprint density at radius 2 is 1.92 bits per heavy atom. The van der Waals surface area contributed by atoms with Gasteiger partial charge >= 0.3 is 11.8 Å². The van der Waals surface area contributed by atoms with Gasteiger partial charge in [0.05, 0.1) is 23.1 Å². The predicted octanol–water partition coefficient (Wildman–Crippen LogP) is 3.15. The molecule has 2 aromatic rings. The molecule has 0 aliphatic rings. The number of hydrogen-bond acceptors (Lipinski definition) is 4. The quantitative estimate of drug-likeness (QED) is 0.524. The lowest BCUT2D eigenvalue weighted by molar-refractivity contribution is -0.387. The first-order valence-electron chi connectivity index (χ1n) is 7.04. The van der Waals surface area contributed by atoms with Crippen LogP contribution in [0, 0.1) is 33.6 Å². The number of halogens is 2. The molecule has 0 atom stereocenters. The molecule has 0 radical (unpaired) electrons. The van der Waals surface area contributed by atoms with Crippen molar-refractivity contribution in [3.8, 4) is 11.8 Å². The summed E-state index contributed by atoms with van der Waals surface area (Å²) in [4.78, 5) is 20.9. The van der Waals surface area contributed by atoms with Gasteiger partial charge in [-0.1, -0.05) is 42.2 Å². The van der Waals surface area contributed by atoms with Crippen LogP contribution < -0.4 is 5.32 Å². The van der Waals surface area contributed by atoms with Crippen molar-refractivity contribution in [3.63, 3.8) is 0 Å². The molecule has 0 aromatic heterocycles. The van der Waals surface area contributed by atoms with Crippen LogP contribution in [-0.2, 0) is 11.3 Å². The first-order valence-corrected chi connectivity index (χ1v) is 7.04. The number of benzene rings is 2. The van der Waals surface area contributed by atoms with E-state index in [9.17, 15) is 23.7 Å². The number of nitro groups is 1. The Hall–Kier alpha value is -3.47. The highest BCUT2D eigenvalue weighted by Gasteiger charge is 2.17. The summed E-state index contributed by atoms with van der Waals surface area (Å²) in [6.45, 7) is -0.0754. The summed E-state index contributed by atoms with van der Waals surface area (Å²) >= 11 is 0. The third-order valence-corrected chi connectivity index (χ3v) is 2.99. The van der Waals surface area contributed by atoms with E-state index in [0.29, 0.717) is 12.1 Å². The highest BCUT2D eigenvalue weighted by molar-refractivity contribution is 5.67. The summed E-state index contributed by atoms with van der Waals surface area (Å²) in [5, 5.41) is 12.8. The fourth-order valence-electron chi connectivity index (χ4n) is 1.80. The van der Waals surface area contributed by atoms with Crippen LogP contribution in [0.15, 0.2) is 42.5 Å². The van der Waals surface area contributed by atoms with Crippen LogP contribution in [0.1, 0.15) is 11.1 Å². The molecule has 2 rings (SSSR count). The molecule has 8 heteroatoms. The second-order valence-corrected chi connectivity index (χ2v) is 4.76. The van der Waals surface area contributed by atoms with Crippen molar-refractivity contribution in [1.82, 2.24) is 5.32 Å². The molecule has 0 heterocycles. The number of nitrogens with zero attached hydrogens (tertiary/aromatic N) is 1. The maximum atomic E-state index is 13.6. The van der Waals surface area contributed by atoms with Crippen molar-refractivity contribution < 1.29 is 23.2 Å². The Morgan fingerprint density at radius 3 is 2.60 bits per heavy atom. The molecule has 6 nitrogen and oxygen atoms in total. The van der Waals surface area contributed by atoms with Crippen LogP contribution in [0.4, 0.5) is 19.3 Å². The number of nitro benzene ring substituents is 1. The molecular formula is C17H12F2N2O4. The number of alkyl carbamates (subject to hydrolysis) is 1. The van der Waals surface area contributed by atoms with Gasteiger partial charge in [-0.05, 0) is 11.6 Å². The van der Waals surface area contributed by atoms with E-state index in [-0.39, 0.29) is 18.7 Å². The lowest BCUT2D eigenvalue weighted by Crippen LogP contribution is -2.24. The van der Waals surface area contributed by atoms with Crippen molar-refractivity contribution in [2.75, 3.05) is 6.54 Å². The highest BCUT2D eigenvalue weighted by Crippen LogP contribution is 2.20. The summed E-state index contributed by atoms with van der Waals surface area (Å²) < 4.78 is 32.0. The summed E-state index contributed by atoms with van der Waals surface area (Å²) in [5.41, 5.74) is -0.500. The first-order chi connectivity index (χ1) is 12.0. The van der Waals surface area contributed by atoms with E-state index in [1.165, 1.54) is 0 Å². The largest absolute Gasteiger partial charge is 0.445 e. The smallest absolute Gasteiger partial charge is 0.408 e. The van der Waals surface area contributed by atoms with Crippen molar-refractivity contribution in [3.05, 3.63) is 75.3 Å². The minimum atomic E-state index is -1.19. The van der Waals surface area contributed by atoms with Crippen molar-refractivity contribution in [2.24, 2.45) is 0 Å². The number of hydrogen-bond donors (Lipinski definition) is 1. The summed E-state index contributed by atoms with van der Waals surface area (Å²) in [5.74, 6) is 2.49. The fraction of sp³-hybridized carbons (Fsp3) is 0.118. The van der Waals surface area contributed by atoms with Crippen LogP contribution >= 0.6 is 0 Å².